The fourth-order valence-electron chi connectivity index (χ4n) is 1.87. The number of nitriles is 2. The van der Waals surface area contributed by atoms with Crippen LogP contribution in [0, 0.1) is 22.7 Å². The van der Waals surface area contributed by atoms with Gasteiger partial charge in [0.25, 0.3) is 0 Å². The largest absolute Gasteiger partial charge is 0.358 e. The van der Waals surface area contributed by atoms with Crippen molar-refractivity contribution in [2.24, 2.45) is 4.99 Å². The predicted octanol–water partition coefficient (Wildman–Crippen LogP) is 2.09. The second-order valence-electron chi connectivity index (χ2n) is 3.94. The Morgan fingerprint density at radius 1 is 1.12 bits per heavy atom. The molecule has 16 heavy (non-hydrogen) atoms. The van der Waals surface area contributed by atoms with Gasteiger partial charge in [-0.3, -0.25) is 4.99 Å². The van der Waals surface area contributed by atoms with Crippen molar-refractivity contribution in [1.82, 2.24) is 4.90 Å². The SMILES string of the molecule is N#CCCN1CCCCCCN=C1CC#N. The van der Waals surface area contributed by atoms with Gasteiger partial charge >= 0.3 is 0 Å². The Morgan fingerprint density at radius 3 is 2.69 bits per heavy atom. The van der Waals surface area contributed by atoms with E-state index in [1.54, 1.807) is 0 Å². The normalized spacial score (nSPS) is 17.4. The molecule has 1 heterocycles. The molecule has 0 bridgehead atoms. The van der Waals surface area contributed by atoms with Gasteiger partial charge < -0.3 is 4.90 Å². The third-order valence-electron chi connectivity index (χ3n) is 2.73. The van der Waals surface area contributed by atoms with E-state index in [1.807, 2.05) is 0 Å². The minimum atomic E-state index is 0.366. The van der Waals surface area contributed by atoms with Crippen molar-refractivity contribution in [3.8, 4) is 12.1 Å². The zero-order valence-corrected chi connectivity index (χ0v) is 9.65. The van der Waals surface area contributed by atoms with Crippen LogP contribution >= 0.6 is 0 Å². The smallest absolute Gasteiger partial charge is 0.113 e. The average molecular weight is 218 g/mol. The van der Waals surface area contributed by atoms with Gasteiger partial charge in [-0.05, 0) is 12.8 Å². The van der Waals surface area contributed by atoms with E-state index in [0.29, 0.717) is 19.4 Å². The molecule has 4 nitrogen and oxygen atoms in total. The summed E-state index contributed by atoms with van der Waals surface area (Å²) in [5.74, 6) is 0.875. The first kappa shape index (κ1) is 12.5. The van der Waals surface area contributed by atoms with Crippen molar-refractivity contribution in [3.63, 3.8) is 0 Å². The fourth-order valence-corrected chi connectivity index (χ4v) is 1.87. The van der Waals surface area contributed by atoms with Gasteiger partial charge in [0.05, 0.1) is 25.0 Å². The van der Waals surface area contributed by atoms with Crippen molar-refractivity contribution >= 4 is 5.84 Å². The molecule has 0 radical (unpaired) electrons. The van der Waals surface area contributed by atoms with E-state index in [4.69, 9.17) is 10.5 Å². The molecular weight excluding hydrogens is 200 g/mol. The lowest BCUT2D eigenvalue weighted by atomic mass is 10.2. The Hall–Kier alpha value is -1.55. The molecule has 0 amide bonds. The number of nitrogens with zero attached hydrogens (tertiary/aromatic N) is 4. The highest BCUT2D eigenvalue weighted by molar-refractivity contribution is 5.84. The van der Waals surface area contributed by atoms with Crippen LogP contribution < -0.4 is 0 Å². The van der Waals surface area contributed by atoms with Gasteiger partial charge in [-0.15, -0.1) is 0 Å². The molecule has 0 N–H and O–H groups in total. The van der Waals surface area contributed by atoms with Crippen LogP contribution in [-0.4, -0.2) is 30.4 Å². The first-order chi connectivity index (χ1) is 7.88. The van der Waals surface area contributed by atoms with Crippen LogP contribution in [0.25, 0.3) is 0 Å². The van der Waals surface area contributed by atoms with Gasteiger partial charge in [0.15, 0.2) is 0 Å². The molecule has 0 fully saturated rings. The highest BCUT2D eigenvalue weighted by Crippen LogP contribution is 2.09. The van der Waals surface area contributed by atoms with Crippen LogP contribution in [0.1, 0.15) is 38.5 Å². The standard InChI is InChI=1S/C12H18N4/c13-7-5-11-16-10-4-2-1-3-9-15-12(16)6-8-14/h1-6,9-11H2. The summed E-state index contributed by atoms with van der Waals surface area (Å²) in [7, 11) is 0. The topological polar surface area (TPSA) is 63.2 Å². The molecule has 0 aliphatic carbocycles. The summed E-state index contributed by atoms with van der Waals surface area (Å²) in [6.07, 6.45) is 5.56. The van der Waals surface area contributed by atoms with Gasteiger partial charge in [0.2, 0.25) is 0 Å². The Labute approximate surface area is 97.2 Å². The van der Waals surface area contributed by atoms with Crippen molar-refractivity contribution in [1.29, 1.82) is 10.5 Å². The lowest BCUT2D eigenvalue weighted by molar-refractivity contribution is 0.408. The first-order valence-electron chi connectivity index (χ1n) is 5.90. The van der Waals surface area contributed by atoms with Crippen molar-refractivity contribution < 1.29 is 0 Å². The highest BCUT2D eigenvalue weighted by Gasteiger charge is 2.11. The van der Waals surface area contributed by atoms with Gasteiger partial charge in [-0.1, -0.05) is 12.8 Å². The van der Waals surface area contributed by atoms with Gasteiger partial charge in [-0.2, -0.15) is 10.5 Å². The molecular formula is C12H18N4. The average Bonchev–Trinajstić information content (AvgIpc) is 2.40. The Balaban J connectivity index is 2.65. The number of hydrogen-bond acceptors (Lipinski definition) is 4. The lowest BCUT2D eigenvalue weighted by Gasteiger charge is -2.23. The molecule has 86 valence electrons. The zero-order valence-electron chi connectivity index (χ0n) is 9.65. The molecule has 0 unspecified atom stereocenters. The van der Waals surface area contributed by atoms with E-state index in [0.717, 1.165) is 31.8 Å². The van der Waals surface area contributed by atoms with Crippen LogP contribution in [0.4, 0.5) is 0 Å². The third-order valence-corrected chi connectivity index (χ3v) is 2.73. The van der Waals surface area contributed by atoms with Crippen molar-refractivity contribution in [2.45, 2.75) is 38.5 Å². The van der Waals surface area contributed by atoms with Gasteiger partial charge in [0.1, 0.15) is 5.84 Å². The Bertz CT molecular complexity index is 308. The molecule has 1 aliphatic rings. The summed E-state index contributed by atoms with van der Waals surface area (Å²) in [5.41, 5.74) is 0. The molecule has 0 spiro atoms. The molecule has 0 saturated heterocycles. The fraction of sp³-hybridized carbons (Fsp3) is 0.750. The van der Waals surface area contributed by atoms with E-state index in [9.17, 15) is 0 Å². The monoisotopic (exact) mass is 218 g/mol. The quantitative estimate of drug-likeness (QED) is 0.728. The summed E-state index contributed by atoms with van der Waals surface area (Å²) < 4.78 is 0. The third kappa shape index (κ3) is 4.31. The number of aliphatic imine (C=N–C) groups is 1. The molecule has 0 saturated carbocycles. The van der Waals surface area contributed by atoms with Crippen LogP contribution in [0.5, 0.6) is 0 Å². The summed E-state index contributed by atoms with van der Waals surface area (Å²) in [5, 5.41) is 17.4. The minimum absolute atomic E-state index is 0.366. The highest BCUT2D eigenvalue weighted by atomic mass is 15.2. The maximum absolute atomic E-state index is 8.77. The maximum Gasteiger partial charge on any atom is 0.113 e. The summed E-state index contributed by atoms with van der Waals surface area (Å²) in [6.45, 7) is 2.46. The van der Waals surface area contributed by atoms with Gasteiger partial charge in [0, 0.05) is 19.6 Å². The molecule has 0 atom stereocenters. The minimum Gasteiger partial charge on any atom is -0.358 e. The lowest BCUT2D eigenvalue weighted by Crippen LogP contribution is -2.32. The van der Waals surface area contributed by atoms with E-state index in [2.05, 4.69) is 22.0 Å². The molecule has 1 aliphatic heterocycles. The second-order valence-corrected chi connectivity index (χ2v) is 3.94. The predicted molar refractivity (Wildman–Crippen MR) is 62.8 cm³/mol. The molecule has 1 rings (SSSR count). The van der Waals surface area contributed by atoms with E-state index >= 15 is 0 Å². The Kier molecular flexibility index (Phi) is 6.03. The van der Waals surface area contributed by atoms with Crippen LogP contribution in [0.2, 0.25) is 0 Å². The van der Waals surface area contributed by atoms with Crippen LogP contribution in [0.15, 0.2) is 4.99 Å². The molecule has 0 aromatic carbocycles. The molecule has 4 heteroatoms. The van der Waals surface area contributed by atoms with Crippen LogP contribution in [-0.2, 0) is 0 Å². The number of amidine groups is 1. The van der Waals surface area contributed by atoms with E-state index in [-0.39, 0.29) is 0 Å². The van der Waals surface area contributed by atoms with Crippen molar-refractivity contribution in [2.75, 3.05) is 19.6 Å². The summed E-state index contributed by atoms with van der Waals surface area (Å²) >= 11 is 0. The maximum atomic E-state index is 8.77. The van der Waals surface area contributed by atoms with Crippen molar-refractivity contribution in [3.05, 3.63) is 0 Å². The van der Waals surface area contributed by atoms with Gasteiger partial charge in [-0.25, -0.2) is 0 Å². The van der Waals surface area contributed by atoms with E-state index < -0.39 is 0 Å². The molecule has 0 aromatic heterocycles. The number of hydrogen-bond donors (Lipinski definition) is 0. The van der Waals surface area contributed by atoms with E-state index in [1.165, 1.54) is 12.8 Å². The molecule has 0 aromatic rings. The summed E-state index contributed by atoms with van der Waals surface area (Å²) in [6, 6.07) is 4.31. The Morgan fingerprint density at radius 2 is 1.94 bits per heavy atom. The number of rotatable bonds is 3. The zero-order chi connectivity index (χ0) is 11.6. The second kappa shape index (κ2) is 7.70. The first-order valence-corrected chi connectivity index (χ1v) is 5.90. The summed E-state index contributed by atoms with van der Waals surface area (Å²) in [4.78, 5) is 6.59. The van der Waals surface area contributed by atoms with Crippen LogP contribution in [0.3, 0.4) is 0 Å².